The number of ether oxygens (including phenoxy) is 1. The van der Waals surface area contributed by atoms with Crippen molar-refractivity contribution in [3.05, 3.63) is 65.7 Å². The van der Waals surface area contributed by atoms with E-state index in [1.807, 2.05) is 61.6 Å². The summed E-state index contributed by atoms with van der Waals surface area (Å²) >= 11 is 0. The fraction of sp³-hybridized carbons (Fsp3) is 0.278. The van der Waals surface area contributed by atoms with E-state index in [9.17, 15) is 4.79 Å². The number of nitrogens with zero attached hydrogens (tertiary/aromatic N) is 1. The largest absolute Gasteiger partial charge is 0.493 e. The second-order valence-corrected chi connectivity index (χ2v) is 5.45. The van der Waals surface area contributed by atoms with E-state index in [2.05, 4.69) is 5.32 Å². The normalized spacial score (nSPS) is 16.3. The Bertz CT molecular complexity index is 643. The Morgan fingerprint density at radius 2 is 1.91 bits per heavy atom. The van der Waals surface area contributed by atoms with Crippen LogP contribution in [0.15, 0.2) is 54.6 Å². The highest BCUT2D eigenvalue weighted by atomic mass is 16.5. The minimum absolute atomic E-state index is 0.0562. The van der Waals surface area contributed by atoms with Gasteiger partial charge in [-0.1, -0.05) is 48.5 Å². The quantitative estimate of drug-likeness (QED) is 0.943. The molecule has 3 rings (SSSR count). The molecule has 0 aliphatic carbocycles. The van der Waals surface area contributed by atoms with Gasteiger partial charge in [0.05, 0.1) is 12.6 Å². The minimum Gasteiger partial charge on any atom is -0.493 e. The van der Waals surface area contributed by atoms with Crippen LogP contribution >= 0.6 is 0 Å². The fourth-order valence-corrected chi connectivity index (χ4v) is 2.77. The highest BCUT2D eigenvalue weighted by Crippen LogP contribution is 2.34. The van der Waals surface area contributed by atoms with Gasteiger partial charge in [0.15, 0.2) is 0 Å². The van der Waals surface area contributed by atoms with Crippen molar-refractivity contribution in [1.82, 2.24) is 10.2 Å². The molecule has 1 aliphatic heterocycles. The molecule has 0 fully saturated rings. The van der Waals surface area contributed by atoms with Crippen LogP contribution in [-0.4, -0.2) is 24.6 Å². The van der Waals surface area contributed by atoms with E-state index in [4.69, 9.17) is 4.74 Å². The molecule has 22 heavy (non-hydrogen) atoms. The third-order valence-corrected chi connectivity index (χ3v) is 4.00. The van der Waals surface area contributed by atoms with Crippen molar-refractivity contribution in [2.45, 2.75) is 19.0 Å². The fourth-order valence-electron chi connectivity index (χ4n) is 2.77. The molecule has 1 atom stereocenters. The Morgan fingerprint density at radius 3 is 2.73 bits per heavy atom. The van der Waals surface area contributed by atoms with Crippen molar-refractivity contribution in [2.24, 2.45) is 0 Å². The van der Waals surface area contributed by atoms with Crippen molar-refractivity contribution in [1.29, 1.82) is 0 Å². The van der Waals surface area contributed by atoms with E-state index in [1.54, 1.807) is 4.90 Å². The zero-order valence-corrected chi connectivity index (χ0v) is 12.7. The SMILES string of the molecule is CN(C(=O)NCc1ccccc1)C1CCOc2ccccc21. The lowest BCUT2D eigenvalue weighted by molar-refractivity contribution is 0.162. The molecule has 1 unspecified atom stereocenters. The number of nitrogens with one attached hydrogen (secondary N) is 1. The van der Waals surface area contributed by atoms with E-state index < -0.39 is 0 Å². The average Bonchev–Trinajstić information content (AvgIpc) is 2.59. The van der Waals surface area contributed by atoms with Gasteiger partial charge in [-0.25, -0.2) is 4.79 Å². The second-order valence-electron chi connectivity index (χ2n) is 5.45. The van der Waals surface area contributed by atoms with Crippen molar-refractivity contribution in [3.63, 3.8) is 0 Å². The van der Waals surface area contributed by atoms with Gasteiger partial charge in [0.2, 0.25) is 0 Å². The molecule has 0 saturated heterocycles. The predicted molar refractivity (Wildman–Crippen MR) is 85.7 cm³/mol. The van der Waals surface area contributed by atoms with Gasteiger partial charge in [0.25, 0.3) is 0 Å². The summed E-state index contributed by atoms with van der Waals surface area (Å²) in [5.74, 6) is 0.876. The van der Waals surface area contributed by atoms with Crippen LogP contribution in [0.25, 0.3) is 0 Å². The van der Waals surface area contributed by atoms with Gasteiger partial charge in [0.1, 0.15) is 5.75 Å². The molecule has 0 saturated carbocycles. The Kier molecular flexibility index (Phi) is 4.28. The number of rotatable bonds is 3. The number of fused-ring (bicyclic) bond motifs is 1. The van der Waals surface area contributed by atoms with Crippen LogP contribution in [0.5, 0.6) is 5.75 Å². The highest BCUT2D eigenvalue weighted by molar-refractivity contribution is 5.74. The summed E-state index contributed by atoms with van der Waals surface area (Å²) in [6, 6.07) is 17.8. The Labute approximate surface area is 130 Å². The first kappa shape index (κ1) is 14.4. The first-order valence-electron chi connectivity index (χ1n) is 7.52. The van der Waals surface area contributed by atoms with Crippen LogP contribution in [0.1, 0.15) is 23.6 Å². The minimum atomic E-state index is -0.0643. The van der Waals surface area contributed by atoms with Crippen molar-refractivity contribution in [3.8, 4) is 5.75 Å². The third-order valence-electron chi connectivity index (χ3n) is 4.00. The lowest BCUT2D eigenvalue weighted by atomic mass is 9.99. The lowest BCUT2D eigenvalue weighted by Crippen LogP contribution is -2.40. The zero-order chi connectivity index (χ0) is 15.4. The first-order valence-corrected chi connectivity index (χ1v) is 7.52. The molecule has 2 aromatic rings. The summed E-state index contributed by atoms with van der Waals surface area (Å²) in [6.07, 6.45) is 0.812. The molecule has 0 aromatic heterocycles. The third kappa shape index (κ3) is 3.06. The van der Waals surface area contributed by atoms with Gasteiger partial charge < -0.3 is 15.0 Å². The van der Waals surface area contributed by atoms with Gasteiger partial charge in [-0.2, -0.15) is 0 Å². The molecule has 2 aromatic carbocycles. The smallest absolute Gasteiger partial charge is 0.317 e. The molecule has 1 N–H and O–H groups in total. The van der Waals surface area contributed by atoms with Crippen LogP contribution in [0, 0.1) is 0 Å². The number of para-hydroxylation sites is 1. The average molecular weight is 296 g/mol. The molecule has 4 nitrogen and oxygen atoms in total. The summed E-state index contributed by atoms with van der Waals surface area (Å²) in [6.45, 7) is 1.17. The van der Waals surface area contributed by atoms with Crippen molar-refractivity contribution < 1.29 is 9.53 Å². The molecule has 4 heteroatoms. The standard InChI is InChI=1S/C18H20N2O2/c1-20(18(21)19-13-14-7-3-2-4-8-14)16-11-12-22-17-10-6-5-9-15(16)17/h2-10,16H,11-13H2,1H3,(H,19,21). The first-order chi connectivity index (χ1) is 10.8. The van der Waals surface area contributed by atoms with E-state index in [-0.39, 0.29) is 12.1 Å². The number of carbonyl (C=O) groups excluding carboxylic acids is 1. The van der Waals surface area contributed by atoms with Crippen molar-refractivity contribution >= 4 is 6.03 Å². The van der Waals surface area contributed by atoms with E-state index in [0.29, 0.717) is 13.2 Å². The number of carbonyl (C=O) groups is 1. The van der Waals surface area contributed by atoms with Gasteiger partial charge >= 0.3 is 6.03 Å². The predicted octanol–water partition coefficient (Wildman–Crippen LogP) is 3.35. The maximum Gasteiger partial charge on any atom is 0.317 e. The number of amides is 2. The maximum atomic E-state index is 12.4. The maximum absolute atomic E-state index is 12.4. The van der Waals surface area contributed by atoms with Crippen LogP contribution in [0.4, 0.5) is 4.79 Å². The topological polar surface area (TPSA) is 41.6 Å². The number of hydrogen-bond acceptors (Lipinski definition) is 2. The van der Waals surface area contributed by atoms with Gasteiger partial charge in [-0.15, -0.1) is 0 Å². The second kappa shape index (κ2) is 6.52. The van der Waals surface area contributed by atoms with E-state index >= 15 is 0 Å². The van der Waals surface area contributed by atoms with Crippen LogP contribution < -0.4 is 10.1 Å². The summed E-state index contributed by atoms with van der Waals surface area (Å²) in [4.78, 5) is 14.2. The Hall–Kier alpha value is -2.49. The number of benzene rings is 2. The molecule has 2 amide bonds. The van der Waals surface area contributed by atoms with Gasteiger partial charge in [-0.05, 0) is 11.6 Å². The Morgan fingerprint density at radius 1 is 1.18 bits per heavy atom. The summed E-state index contributed by atoms with van der Waals surface area (Å²) in [5, 5.41) is 2.97. The molecular formula is C18H20N2O2. The highest BCUT2D eigenvalue weighted by Gasteiger charge is 2.27. The molecule has 0 radical (unpaired) electrons. The molecule has 114 valence electrons. The summed E-state index contributed by atoms with van der Waals surface area (Å²) < 4.78 is 5.65. The van der Waals surface area contributed by atoms with E-state index in [1.165, 1.54) is 0 Å². The van der Waals surface area contributed by atoms with Crippen LogP contribution in [0.2, 0.25) is 0 Å². The van der Waals surface area contributed by atoms with Crippen LogP contribution in [0.3, 0.4) is 0 Å². The molecule has 1 heterocycles. The molecular weight excluding hydrogens is 276 g/mol. The number of urea groups is 1. The van der Waals surface area contributed by atoms with Gasteiger partial charge in [0, 0.05) is 25.6 Å². The number of hydrogen-bond donors (Lipinski definition) is 1. The lowest BCUT2D eigenvalue weighted by Gasteiger charge is -2.33. The van der Waals surface area contributed by atoms with Crippen molar-refractivity contribution in [2.75, 3.05) is 13.7 Å². The zero-order valence-electron chi connectivity index (χ0n) is 12.7. The summed E-state index contributed by atoms with van der Waals surface area (Å²) in [5.41, 5.74) is 2.17. The molecule has 1 aliphatic rings. The Balaban J connectivity index is 1.66. The van der Waals surface area contributed by atoms with Crippen LogP contribution in [-0.2, 0) is 6.54 Å². The molecule has 0 bridgehead atoms. The van der Waals surface area contributed by atoms with E-state index in [0.717, 1.165) is 23.3 Å². The molecule has 0 spiro atoms. The monoisotopic (exact) mass is 296 g/mol. The van der Waals surface area contributed by atoms with Gasteiger partial charge in [-0.3, -0.25) is 0 Å². The summed E-state index contributed by atoms with van der Waals surface area (Å²) in [7, 11) is 1.84.